The van der Waals surface area contributed by atoms with Crippen LogP contribution < -0.4 is 8.64 Å². The maximum atomic E-state index is 6.07. The van der Waals surface area contributed by atoms with Crippen LogP contribution in [-0.4, -0.2) is 48.1 Å². The normalized spacial score (nSPS) is 11.2. The van der Waals surface area contributed by atoms with Gasteiger partial charge in [-0.2, -0.15) is 0 Å². The van der Waals surface area contributed by atoms with Gasteiger partial charge in [-0.05, 0) is 0 Å². The van der Waals surface area contributed by atoms with Crippen LogP contribution in [0.25, 0.3) is 10.9 Å². The summed E-state index contributed by atoms with van der Waals surface area (Å²) in [4.78, 5) is 8.05. The average molecular weight is 478 g/mol. The molecular weight excluding hydrogens is 461 g/mol. The summed E-state index contributed by atoms with van der Waals surface area (Å²) in [7, 11) is 0. The molecule has 2 heterocycles. The van der Waals surface area contributed by atoms with E-state index in [0.29, 0.717) is 10.8 Å². The molecule has 27 heavy (non-hydrogen) atoms. The van der Waals surface area contributed by atoms with E-state index < -0.39 is 22.4 Å². The Hall–Kier alpha value is -2.31. The van der Waals surface area contributed by atoms with E-state index in [4.69, 9.17) is 11.6 Å². The molecule has 2 aromatic heterocycles. The summed E-state index contributed by atoms with van der Waals surface area (Å²) in [6.07, 6.45) is 1.88. The first-order valence-corrected chi connectivity index (χ1v) is 12.9. The Labute approximate surface area is 172 Å². The number of aromatic nitrogens is 3. The molecule has 0 fully saturated rings. The van der Waals surface area contributed by atoms with Gasteiger partial charge in [-0.15, -0.1) is 0 Å². The van der Waals surface area contributed by atoms with E-state index in [1.54, 1.807) is 0 Å². The number of nitrogens with one attached hydrogen (secondary N) is 3. The molecule has 132 valence electrons. The minimum atomic E-state index is -1.23. The van der Waals surface area contributed by atoms with Crippen molar-refractivity contribution in [1.29, 1.82) is 0 Å². The Bertz CT molecular complexity index is 1160. The second-order valence-electron chi connectivity index (χ2n) is 6.14. The molecule has 7 heteroatoms. The number of para-hydroxylation sites is 1. The topological polar surface area (TPSA) is 68.9 Å². The molecule has 0 aliphatic carbocycles. The summed E-state index contributed by atoms with van der Waals surface area (Å²) in [5.74, 6) is 1.57. The van der Waals surface area contributed by atoms with E-state index in [-0.39, 0.29) is 0 Å². The van der Waals surface area contributed by atoms with E-state index in [1.165, 1.54) is 0 Å². The zero-order valence-electron chi connectivity index (χ0n) is 14.8. The molecule has 0 spiro atoms. The number of hydrogen-bond acceptors (Lipinski definition) is 3. The van der Waals surface area contributed by atoms with Crippen LogP contribution in [0.4, 0.5) is 17.3 Å². The van der Waals surface area contributed by atoms with Crippen molar-refractivity contribution < 1.29 is 0 Å². The monoisotopic (exact) mass is 477 g/mol. The molecule has 4 rings (SSSR count). The summed E-state index contributed by atoms with van der Waals surface area (Å²) in [5, 5.41) is 12.6. The van der Waals surface area contributed by atoms with Gasteiger partial charge in [0.05, 0.1) is 0 Å². The predicted octanol–water partition coefficient (Wildman–Crippen LogP) is 4.11. The number of aryl methyl sites for hydroxylation is 1. The summed E-state index contributed by atoms with van der Waals surface area (Å²) < 4.78 is 5.32. The fourth-order valence-corrected chi connectivity index (χ4v) is 5.11. The number of fused-ring (bicyclic) bond motifs is 1. The van der Waals surface area contributed by atoms with Crippen molar-refractivity contribution >= 4 is 76.0 Å². The van der Waals surface area contributed by atoms with Gasteiger partial charge in [0.15, 0.2) is 0 Å². The van der Waals surface area contributed by atoms with Crippen molar-refractivity contribution in [3.8, 4) is 0 Å². The second-order valence-corrected chi connectivity index (χ2v) is 9.39. The van der Waals surface area contributed by atoms with Gasteiger partial charge in [0.25, 0.3) is 0 Å². The molecule has 0 unspecified atom stereocenters. The maximum absolute atomic E-state index is 6.07. The van der Waals surface area contributed by atoms with Gasteiger partial charge in [-0.3, -0.25) is 0 Å². The molecule has 0 bridgehead atoms. The first kappa shape index (κ1) is 18.1. The van der Waals surface area contributed by atoms with Crippen LogP contribution >= 0.6 is 11.6 Å². The molecule has 0 aliphatic rings. The van der Waals surface area contributed by atoms with E-state index in [9.17, 15) is 0 Å². The number of aromatic amines is 2. The van der Waals surface area contributed by atoms with Gasteiger partial charge < -0.3 is 0 Å². The Kier molecular flexibility index (Phi) is 5.18. The van der Waals surface area contributed by atoms with Crippen LogP contribution in [0.2, 0.25) is 5.02 Å². The Morgan fingerprint density at radius 3 is 2.89 bits per heavy atom. The van der Waals surface area contributed by atoms with Crippen LogP contribution in [0.3, 0.4) is 0 Å². The van der Waals surface area contributed by atoms with Crippen LogP contribution in [-0.2, 0) is 0 Å². The molecule has 2 aromatic carbocycles. The van der Waals surface area contributed by atoms with Gasteiger partial charge in [0.1, 0.15) is 0 Å². The van der Waals surface area contributed by atoms with Crippen molar-refractivity contribution in [2.45, 2.75) is 6.92 Å². The first-order chi connectivity index (χ1) is 13.2. The number of rotatable bonds is 5. The van der Waals surface area contributed by atoms with Gasteiger partial charge >= 0.3 is 173 Å². The number of anilines is 2. The van der Waals surface area contributed by atoms with Crippen molar-refractivity contribution in [2.75, 3.05) is 5.32 Å². The molecule has 4 aromatic rings. The van der Waals surface area contributed by atoms with E-state index in [1.807, 2.05) is 42.6 Å². The molecular formula is C20H17ClInN5. The molecule has 0 amide bonds. The first-order valence-electron chi connectivity index (χ1n) is 8.50. The van der Waals surface area contributed by atoms with Crippen LogP contribution in [0.15, 0.2) is 53.5 Å². The molecule has 0 aliphatic heterocycles. The van der Waals surface area contributed by atoms with Crippen LogP contribution in [0, 0.1) is 6.92 Å². The molecule has 0 atom stereocenters. The third-order valence-electron chi connectivity index (χ3n) is 4.34. The van der Waals surface area contributed by atoms with E-state index >= 15 is 0 Å². The van der Waals surface area contributed by atoms with Crippen molar-refractivity contribution in [3.63, 3.8) is 0 Å². The van der Waals surface area contributed by atoms with Gasteiger partial charge in [-0.25, -0.2) is 0 Å². The molecule has 0 radical (unpaired) electrons. The summed E-state index contributed by atoms with van der Waals surface area (Å²) in [6, 6.07) is 15.8. The summed E-state index contributed by atoms with van der Waals surface area (Å²) in [5.41, 5.74) is 4.19. The van der Waals surface area contributed by atoms with Gasteiger partial charge in [0, 0.05) is 0 Å². The fraction of sp³-hybridized carbons (Fsp3) is 0.0500. The second kappa shape index (κ2) is 7.74. The van der Waals surface area contributed by atoms with Crippen molar-refractivity contribution in [1.82, 2.24) is 15.2 Å². The van der Waals surface area contributed by atoms with Gasteiger partial charge in [-0.1, -0.05) is 0 Å². The van der Waals surface area contributed by atoms with E-state index in [2.05, 4.69) is 48.8 Å². The fourth-order valence-electron chi connectivity index (χ4n) is 3.03. The van der Waals surface area contributed by atoms with Crippen LogP contribution in [0.5, 0.6) is 0 Å². The van der Waals surface area contributed by atoms with Crippen molar-refractivity contribution in [3.05, 3.63) is 64.8 Å². The molecule has 0 saturated heterocycles. The number of H-pyrrole nitrogens is 2. The quantitative estimate of drug-likeness (QED) is 0.379. The Balaban J connectivity index is 1.66. The number of aliphatic imine (C=N–C) groups is 1. The molecule has 3 N–H and O–H groups in total. The Morgan fingerprint density at radius 1 is 1.22 bits per heavy atom. The summed E-state index contributed by atoms with van der Waals surface area (Å²) >= 11 is 4.84. The Morgan fingerprint density at radius 2 is 2.07 bits per heavy atom. The van der Waals surface area contributed by atoms with Crippen molar-refractivity contribution in [2.24, 2.45) is 4.99 Å². The molecule has 0 saturated carbocycles. The number of hydrogen-bond donors (Lipinski definition) is 3. The third kappa shape index (κ3) is 3.73. The molecule has 5 nitrogen and oxygen atoms in total. The summed E-state index contributed by atoms with van der Waals surface area (Å²) in [6.45, 7) is 2.05. The van der Waals surface area contributed by atoms with E-state index in [0.717, 1.165) is 37.0 Å². The zero-order chi connectivity index (χ0) is 18.8. The number of nitrogens with zero attached hydrogens (tertiary/aromatic N) is 2. The average Bonchev–Trinajstić information content (AvgIpc) is 3.19. The third-order valence-corrected chi connectivity index (χ3v) is 7.30. The van der Waals surface area contributed by atoms with Gasteiger partial charge in [0.2, 0.25) is 0 Å². The number of halogens is 1. The standard InChI is InChI=1S/C19H15ClN5.CH2.In/c1-12-16(15-7-2-3-8-17(15)22-12)11-21-18-10-19(25-24-18)23-14-6-4-5-13(20)9-14;;/h2-9,11,22H,1H3,(H2,23,24,25);1H2;. The predicted molar refractivity (Wildman–Crippen MR) is 116 cm³/mol. The minimum absolute atomic E-state index is 0.686. The number of benzene rings is 2. The zero-order valence-corrected chi connectivity index (χ0v) is 18.8. The SMILES string of the molecule is [CH2]=[In][c]1c(N=Cc2c(C)[nH]c3ccccc23)n[nH]c1Nc1cccc(Cl)c1. The van der Waals surface area contributed by atoms with Crippen LogP contribution in [0.1, 0.15) is 11.3 Å².